The van der Waals surface area contributed by atoms with Gasteiger partial charge in [0, 0.05) is 6.20 Å². The normalized spacial score (nSPS) is 12.3. The maximum absolute atomic E-state index is 14.2. The summed E-state index contributed by atoms with van der Waals surface area (Å²) in [7, 11) is 0. The predicted octanol–water partition coefficient (Wildman–Crippen LogP) is 3.29. The highest BCUT2D eigenvalue weighted by molar-refractivity contribution is 5.90. The van der Waals surface area contributed by atoms with Gasteiger partial charge in [-0.2, -0.15) is 0 Å². The van der Waals surface area contributed by atoms with E-state index in [1.807, 2.05) is 6.92 Å². The minimum atomic E-state index is -0.563. The van der Waals surface area contributed by atoms with Crippen LogP contribution in [0.5, 0.6) is 0 Å². The number of hydrogen-bond donors (Lipinski definition) is 2. The van der Waals surface area contributed by atoms with Crippen LogP contribution in [0, 0.1) is 11.6 Å². The summed E-state index contributed by atoms with van der Waals surface area (Å²) in [6.45, 7) is 1.85. The van der Waals surface area contributed by atoms with Crippen molar-refractivity contribution in [2.75, 3.05) is 5.32 Å². The molecule has 0 radical (unpaired) electrons. The van der Waals surface area contributed by atoms with Gasteiger partial charge >= 0.3 is 0 Å². The van der Waals surface area contributed by atoms with E-state index in [4.69, 9.17) is 0 Å². The van der Waals surface area contributed by atoms with Gasteiger partial charge in [-0.05, 0) is 29.6 Å². The molecule has 0 saturated carbocycles. The number of halogens is 2. The average molecular weight is 353 g/mol. The molecule has 0 aliphatic heterocycles. The molecule has 0 unspecified atom stereocenters. The van der Waals surface area contributed by atoms with Gasteiger partial charge in [-0.25, -0.2) is 23.7 Å². The van der Waals surface area contributed by atoms with Crippen LogP contribution in [0.1, 0.15) is 18.5 Å². The summed E-state index contributed by atoms with van der Waals surface area (Å²) in [5, 5.41) is 3.82. The first-order valence-corrected chi connectivity index (χ1v) is 8.00. The number of hydrogen-bond acceptors (Lipinski definition) is 4. The molecule has 1 atom stereocenters. The Labute approximate surface area is 147 Å². The summed E-state index contributed by atoms with van der Waals surface area (Å²) < 4.78 is 27.3. The molecular weight excluding hydrogens is 338 g/mol. The van der Waals surface area contributed by atoms with Crippen LogP contribution in [0.25, 0.3) is 22.4 Å². The highest BCUT2D eigenvalue weighted by Crippen LogP contribution is 2.26. The molecule has 0 aliphatic rings. The number of aromatic nitrogens is 5. The molecule has 130 valence electrons. The van der Waals surface area contributed by atoms with Gasteiger partial charge in [-0.1, -0.05) is 12.1 Å². The third-order valence-corrected chi connectivity index (χ3v) is 4.10. The lowest BCUT2D eigenvalue weighted by molar-refractivity contribution is -0.380. The summed E-state index contributed by atoms with van der Waals surface area (Å²) in [5.74, 6) is -0.435. The predicted molar refractivity (Wildman–Crippen MR) is 92.1 cm³/mol. The maximum atomic E-state index is 14.2. The summed E-state index contributed by atoms with van der Waals surface area (Å²) in [5.41, 5.74) is 2.21. The van der Waals surface area contributed by atoms with Crippen molar-refractivity contribution in [1.82, 2.24) is 19.9 Å². The SMILES string of the molecule is C[C@@H](Nc1nc(-c2c[nH]c3nc[nH+]cc23)ncc1F)c1ccc(F)cc1. The number of H-pyrrole nitrogens is 2. The van der Waals surface area contributed by atoms with Crippen molar-refractivity contribution in [3.05, 3.63) is 66.4 Å². The molecule has 0 aliphatic carbocycles. The number of aromatic amines is 2. The van der Waals surface area contributed by atoms with Gasteiger partial charge in [0.2, 0.25) is 0 Å². The Bertz CT molecular complexity index is 1060. The molecule has 0 saturated heterocycles. The van der Waals surface area contributed by atoms with Gasteiger partial charge in [0.1, 0.15) is 12.0 Å². The van der Waals surface area contributed by atoms with Crippen molar-refractivity contribution < 1.29 is 13.8 Å². The molecule has 6 nitrogen and oxygen atoms in total. The van der Waals surface area contributed by atoms with E-state index in [-0.39, 0.29) is 17.7 Å². The second kappa shape index (κ2) is 6.47. The standard InChI is InChI=1S/C18H14F2N6/c1-10(11-2-4-12(19)5-3-11)25-18-15(20)8-23-17(26-18)14-7-22-16-13(14)6-21-9-24-16/h2-10H,1H3,(H,21,22,24)(H,23,25,26)/p+1/t10-/m1/s1. The van der Waals surface area contributed by atoms with Gasteiger partial charge in [0.15, 0.2) is 17.5 Å². The summed E-state index contributed by atoms with van der Waals surface area (Å²) in [6.07, 6.45) is 6.19. The summed E-state index contributed by atoms with van der Waals surface area (Å²) >= 11 is 0. The van der Waals surface area contributed by atoms with E-state index >= 15 is 0 Å². The Kier molecular flexibility index (Phi) is 4.00. The monoisotopic (exact) mass is 353 g/mol. The summed E-state index contributed by atoms with van der Waals surface area (Å²) in [6, 6.07) is 5.77. The Balaban J connectivity index is 1.67. The van der Waals surface area contributed by atoms with Gasteiger partial charge < -0.3 is 10.3 Å². The van der Waals surface area contributed by atoms with Crippen molar-refractivity contribution in [2.45, 2.75) is 13.0 Å². The van der Waals surface area contributed by atoms with Crippen molar-refractivity contribution >= 4 is 16.9 Å². The molecule has 0 fully saturated rings. The molecule has 3 N–H and O–H groups in total. The fourth-order valence-corrected chi connectivity index (χ4v) is 2.72. The number of anilines is 1. The minimum Gasteiger partial charge on any atom is -0.361 e. The van der Waals surface area contributed by atoms with Crippen LogP contribution in [-0.2, 0) is 0 Å². The Hall–Kier alpha value is -3.42. The van der Waals surface area contributed by atoms with E-state index in [9.17, 15) is 8.78 Å². The number of nitrogens with zero attached hydrogens (tertiary/aromatic N) is 3. The minimum absolute atomic E-state index is 0.0778. The van der Waals surface area contributed by atoms with Crippen LogP contribution < -0.4 is 10.3 Å². The van der Waals surface area contributed by atoms with Crippen molar-refractivity contribution in [3.63, 3.8) is 0 Å². The molecule has 8 heteroatoms. The van der Waals surface area contributed by atoms with Crippen molar-refractivity contribution in [3.8, 4) is 11.4 Å². The number of benzene rings is 1. The molecule has 3 aromatic heterocycles. The lowest BCUT2D eigenvalue weighted by Gasteiger charge is -2.15. The van der Waals surface area contributed by atoms with Gasteiger partial charge in [0.05, 0.1) is 23.2 Å². The molecule has 0 spiro atoms. The maximum Gasteiger partial charge on any atom is 0.286 e. The lowest BCUT2D eigenvalue weighted by atomic mass is 10.1. The highest BCUT2D eigenvalue weighted by atomic mass is 19.1. The number of fused-ring (bicyclic) bond motifs is 1. The van der Waals surface area contributed by atoms with E-state index in [1.54, 1.807) is 30.9 Å². The zero-order valence-electron chi connectivity index (χ0n) is 13.8. The van der Waals surface area contributed by atoms with E-state index in [0.29, 0.717) is 17.0 Å². The third kappa shape index (κ3) is 2.97. The number of nitrogens with one attached hydrogen (secondary N) is 3. The lowest BCUT2D eigenvalue weighted by Crippen LogP contribution is -2.10. The Morgan fingerprint density at radius 1 is 1.15 bits per heavy atom. The van der Waals surface area contributed by atoms with Crippen molar-refractivity contribution in [1.29, 1.82) is 0 Å². The van der Waals surface area contributed by atoms with Crippen LogP contribution >= 0.6 is 0 Å². The topological polar surface area (TPSA) is 80.6 Å². The smallest absolute Gasteiger partial charge is 0.286 e. The summed E-state index contributed by atoms with van der Waals surface area (Å²) in [4.78, 5) is 18.5. The van der Waals surface area contributed by atoms with Crippen LogP contribution in [0.15, 0.2) is 49.2 Å². The second-order valence-electron chi connectivity index (χ2n) is 5.84. The van der Waals surface area contributed by atoms with Gasteiger partial charge in [-0.15, -0.1) is 0 Å². The molecule has 26 heavy (non-hydrogen) atoms. The Morgan fingerprint density at radius 3 is 2.77 bits per heavy atom. The van der Waals surface area contributed by atoms with E-state index in [2.05, 4.69) is 30.2 Å². The number of rotatable bonds is 4. The second-order valence-corrected chi connectivity index (χ2v) is 5.84. The molecule has 0 bridgehead atoms. The van der Waals surface area contributed by atoms with E-state index < -0.39 is 5.82 Å². The zero-order valence-corrected chi connectivity index (χ0v) is 13.8. The first-order valence-electron chi connectivity index (χ1n) is 8.00. The first kappa shape index (κ1) is 16.1. The van der Waals surface area contributed by atoms with E-state index in [1.165, 1.54) is 12.1 Å². The van der Waals surface area contributed by atoms with Crippen LogP contribution in [-0.4, -0.2) is 19.9 Å². The van der Waals surface area contributed by atoms with Crippen LogP contribution in [0.4, 0.5) is 14.6 Å². The van der Waals surface area contributed by atoms with Gasteiger partial charge in [0.25, 0.3) is 12.0 Å². The van der Waals surface area contributed by atoms with Crippen molar-refractivity contribution in [2.24, 2.45) is 0 Å². The molecule has 3 heterocycles. The largest absolute Gasteiger partial charge is 0.361 e. The molecule has 4 rings (SSSR count). The van der Waals surface area contributed by atoms with E-state index in [0.717, 1.165) is 17.1 Å². The molecular formula is C18H15F2N6+. The fraction of sp³-hybridized carbons (Fsp3) is 0.111. The van der Waals surface area contributed by atoms with Crippen LogP contribution in [0.3, 0.4) is 0 Å². The van der Waals surface area contributed by atoms with Crippen LogP contribution in [0.2, 0.25) is 0 Å². The van der Waals surface area contributed by atoms with Gasteiger partial charge in [-0.3, -0.25) is 0 Å². The highest BCUT2D eigenvalue weighted by Gasteiger charge is 2.16. The Morgan fingerprint density at radius 2 is 1.96 bits per heavy atom. The fourth-order valence-electron chi connectivity index (χ4n) is 2.72. The average Bonchev–Trinajstić information content (AvgIpc) is 3.08. The quantitative estimate of drug-likeness (QED) is 0.590. The third-order valence-electron chi connectivity index (χ3n) is 4.10. The molecule has 4 aromatic rings. The first-order chi connectivity index (χ1) is 12.6. The molecule has 1 aromatic carbocycles. The zero-order chi connectivity index (χ0) is 18.1. The molecule has 0 amide bonds.